The van der Waals surface area contributed by atoms with Gasteiger partial charge in [0.1, 0.15) is 11.6 Å². The van der Waals surface area contributed by atoms with Crippen molar-refractivity contribution in [1.82, 2.24) is 9.97 Å². The van der Waals surface area contributed by atoms with Gasteiger partial charge in [0, 0.05) is 19.0 Å². The number of carboxylic acids is 1. The van der Waals surface area contributed by atoms with Crippen molar-refractivity contribution in [2.75, 3.05) is 11.9 Å². The summed E-state index contributed by atoms with van der Waals surface area (Å²) in [6, 6.07) is 1.33. The zero-order valence-corrected chi connectivity index (χ0v) is 10.9. The Morgan fingerprint density at radius 3 is 2.72 bits per heavy atom. The molecule has 0 saturated carbocycles. The Hall–Kier alpha value is -1.85. The van der Waals surface area contributed by atoms with Crippen molar-refractivity contribution < 1.29 is 9.90 Å². The summed E-state index contributed by atoms with van der Waals surface area (Å²) in [4.78, 5) is 29.1. The summed E-state index contributed by atoms with van der Waals surface area (Å²) < 4.78 is 0. The fourth-order valence-electron chi connectivity index (χ4n) is 1.59. The molecule has 3 N–H and O–H groups in total. The Kier molecular flexibility index (Phi) is 4.88. The highest BCUT2D eigenvalue weighted by molar-refractivity contribution is 5.71. The average Bonchev–Trinajstić information content (AvgIpc) is 2.27. The van der Waals surface area contributed by atoms with Crippen molar-refractivity contribution in [1.29, 1.82) is 0 Å². The monoisotopic (exact) mass is 253 g/mol. The molecule has 0 amide bonds. The van der Waals surface area contributed by atoms with Gasteiger partial charge in [0.25, 0.3) is 5.56 Å². The standard InChI is InChI=1S/C12H19N3O3/c1-4-9-14-10(5-11(16)15-9)13-6-8(7(2)3)12(17)18/h5,7-8H,4,6H2,1-3H3,(H,17,18)(H2,13,14,15,16). The van der Waals surface area contributed by atoms with Crippen LogP contribution in [0.3, 0.4) is 0 Å². The van der Waals surface area contributed by atoms with E-state index < -0.39 is 11.9 Å². The third kappa shape index (κ3) is 3.87. The van der Waals surface area contributed by atoms with E-state index in [1.165, 1.54) is 6.07 Å². The van der Waals surface area contributed by atoms with Gasteiger partial charge in [-0.2, -0.15) is 0 Å². The van der Waals surface area contributed by atoms with Crippen molar-refractivity contribution in [3.05, 3.63) is 22.2 Å². The number of carbonyl (C=O) groups is 1. The zero-order chi connectivity index (χ0) is 13.7. The predicted molar refractivity (Wildman–Crippen MR) is 68.7 cm³/mol. The molecule has 18 heavy (non-hydrogen) atoms. The van der Waals surface area contributed by atoms with Crippen LogP contribution in [-0.4, -0.2) is 27.6 Å². The quantitative estimate of drug-likeness (QED) is 0.705. The number of H-pyrrole nitrogens is 1. The maximum absolute atomic E-state index is 11.3. The third-order valence-electron chi connectivity index (χ3n) is 2.75. The summed E-state index contributed by atoms with van der Waals surface area (Å²) >= 11 is 0. The number of aromatic nitrogens is 2. The van der Waals surface area contributed by atoms with E-state index >= 15 is 0 Å². The van der Waals surface area contributed by atoms with Crippen LogP contribution in [0.15, 0.2) is 10.9 Å². The molecule has 1 atom stereocenters. The first-order chi connectivity index (χ1) is 8.43. The molecule has 1 unspecified atom stereocenters. The first-order valence-corrected chi connectivity index (χ1v) is 6.01. The normalized spacial score (nSPS) is 12.4. The molecule has 0 bridgehead atoms. The van der Waals surface area contributed by atoms with Crippen LogP contribution in [-0.2, 0) is 11.2 Å². The summed E-state index contributed by atoms with van der Waals surface area (Å²) in [5, 5.41) is 12.0. The highest BCUT2D eigenvalue weighted by Gasteiger charge is 2.21. The number of aliphatic carboxylic acids is 1. The van der Waals surface area contributed by atoms with E-state index in [4.69, 9.17) is 5.11 Å². The smallest absolute Gasteiger partial charge is 0.308 e. The molecule has 0 aliphatic rings. The van der Waals surface area contributed by atoms with Crippen molar-refractivity contribution in [2.24, 2.45) is 11.8 Å². The van der Waals surface area contributed by atoms with Gasteiger partial charge in [0.05, 0.1) is 5.92 Å². The fraction of sp³-hybridized carbons (Fsp3) is 0.583. The Morgan fingerprint density at radius 2 is 2.22 bits per heavy atom. The average molecular weight is 253 g/mol. The second-order valence-corrected chi connectivity index (χ2v) is 4.50. The van der Waals surface area contributed by atoms with E-state index in [2.05, 4.69) is 15.3 Å². The topological polar surface area (TPSA) is 95.1 Å². The molecule has 1 aromatic rings. The number of carboxylic acid groups (broad SMARTS) is 1. The van der Waals surface area contributed by atoms with Crippen LogP contribution in [0, 0.1) is 11.8 Å². The molecule has 0 aliphatic carbocycles. The molecular formula is C12H19N3O3. The van der Waals surface area contributed by atoms with Crippen LogP contribution in [0.25, 0.3) is 0 Å². The van der Waals surface area contributed by atoms with E-state index in [0.717, 1.165) is 0 Å². The lowest BCUT2D eigenvalue weighted by atomic mass is 9.96. The minimum Gasteiger partial charge on any atom is -0.481 e. The number of rotatable bonds is 6. The van der Waals surface area contributed by atoms with E-state index in [0.29, 0.717) is 18.1 Å². The van der Waals surface area contributed by atoms with E-state index in [-0.39, 0.29) is 18.0 Å². The Bertz CT molecular complexity index is 468. The van der Waals surface area contributed by atoms with Gasteiger partial charge >= 0.3 is 5.97 Å². The molecule has 0 saturated heterocycles. The third-order valence-corrected chi connectivity index (χ3v) is 2.75. The summed E-state index contributed by atoms with van der Waals surface area (Å²) in [5.41, 5.74) is -0.235. The largest absolute Gasteiger partial charge is 0.481 e. The van der Waals surface area contributed by atoms with Crippen LogP contribution in [0.2, 0.25) is 0 Å². The second-order valence-electron chi connectivity index (χ2n) is 4.50. The van der Waals surface area contributed by atoms with Crippen LogP contribution in [0.4, 0.5) is 5.82 Å². The van der Waals surface area contributed by atoms with Crippen molar-refractivity contribution in [3.8, 4) is 0 Å². The molecule has 1 aromatic heterocycles. The Morgan fingerprint density at radius 1 is 1.56 bits per heavy atom. The molecule has 0 aromatic carbocycles. The number of hydrogen-bond acceptors (Lipinski definition) is 4. The van der Waals surface area contributed by atoms with Crippen molar-refractivity contribution in [2.45, 2.75) is 27.2 Å². The van der Waals surface area contributed by atoms with Gasteiger partial charge in [0.15, 0.2) is 0 Å². The van der Waals surface area contributed by atoms with Gasteiger partial charge in [0.2, 0.25) is 0 Å². The number of nitrogens with zero attached hydrogens (tertiary/aromatic N) is 1. The molecule has 6 heteroatoms. The first kappa shape index (κ1) is 14.2. The number of aryl methyl sites for hydroxylation is 1. The molecule has 0 radical (unpaired) electrons. The van der Waals surface area contributed by atoms with E-state index in [1.54, 1.807) is 0 Å². The summed E-state index contributed by atoms with van der Waals surface area (Å²) in [5.74, 6) is -0.333. The molecule has 0 fully saturated rings. The molecule has 100 valence electrons. The molecule has 0 aliphatic heterocycles. The summed E-state index contributed by atoms with van der Waals surface area (Å²) in [6.45, 7) is 5.84. The maximum Gasteiger partial charge on any atom is 0.308 e. The maximum atomic E-state index is 11.3. The number of nitrogens with one attached hydrogen (secondary N) is 2. The number of aromatic amines is 1. The van der Waals surface area contributed by atoms with Gasteiger partial charge in [-0.3, -0.25) is 9.59 Å². The molecule has 1 heterocycles. The van der Waals surface area contributed by atoms with Crippen LogP contribution < -0.4 is 10.9 Å². The van der Waals surface area contributed by atoms with Crippen LogP contribution >= 0.6 is 0 Å². The molecule has 6 nitrogen and oxygen atoms in total. The van der Waals surface area contributed by atoms with E-state index in [9.17, 15) is 9.59 Å². The van der Waals surface area contributed by atoms with Gasteiger partial charge in [-0.15, -0.1) is 0 Å². The van der Waals surface area contributed by atoms with Gasteiger partial charge in [-0.05, 0) is 5.92 Å². The lowest BCUT2D eigenvalue weighted by Gasteiger charge is -2.17. The van der Waals surface area contributed by atoms with Gasteiger partial charge < -0.3 is 15.4 Å². The van der Waals surface area contributed by atoms with Gasteiger partial charge in [-0.25, -0.2) is 4.98 Å². The molecule has 1 rings (SSSR count). The number of anilines is 1. The first-order valence-electron chi connectivity index (χ1n) is 6.01. The van der Waals surface area contributed by atoms with Crippen molar-refractivity contribution >= 4 is 11.8 Å². The van der Waals surface area contributed by atoms with E-state index in [1.807, 2.05) is 20.8 Å². The highest BCUT2D eigenvalue weighted by atomic mass is 16.4. The predicted octanol–water partition coefficient (Wildman–Crippen LogP) is 1.10. The Labute approximate surface area is 105 Å². The summed E-state index contributed by atoms with van der Waals surface area (Å²) in [6.07, 6.45) is 0.622. The molecular weight excluding hydrogens is 234 g/mol. The second kappa shape index (κ2) is 6.18. The van der Waals surface area contributed by atoms with Crippen LogP contribution in [0.5, 0.6) is 0 Å². The zero-order valence-electron chi connectivity index (χ0n) is 10.9. The van der Waals surface area contributed by atoms with Crippen LogP contribution in [0.1, 0.15) is 26.6 Å². The Balaban J connectivity index is 2.76. The summed E-state index contributed by atoms with van der Waals surface area (Å²) in [7, 11) is 0. The fourth-order valence-corrected chi connectivity index (χ4v) is 1.59. The minimum absolute atomic E-state index is 0.0163. The van der Waals surface area contributed by atoms with Crippen molar-refractivity contribution in [3.63, 3.8) is 0 Å². The molecule has 0 spiro atoms. The lowest BCUT2D eigenvalue weighted by molar-refractivity contribution is -0.142. The van der Waals surface area contributed by atoms with Gasteiger partial charge in [-0.1, -0.05) is 20.8 Å². The highest BCUT2D eigenvalue weighted by Crippen LogP contribution is 2.12. The number of hydrogen-bond donors (Lipinski definition) is 3. The minimum atomic E-state index is -0.849. The lowest BCUT2D eigenvalue weighted by Crippen LogP contribution is -2.28. The SMILES string of the molecule is CCc1nc(NCC(C(=O)O)C(C)C)cc(=O)[nH]1.